The standard InChI is InChI=1S/C13H24N2O5S/c1-4-6-10(13(17)18)14-12(16)11(9(2)3)15-7-5-8-21(15,19)20/h9-11H,4-8H2,1-3H3,(H,14,16)(H,17,18). The van der Waals surface area contributed by atoms with Gasteiger partial charge < -0.3 is 10.4 Å². The van der Waals surface area contributed by atoms with Crippen molar-refractivity contribution in [1.29, 1.82) is 0 Å². The first-order valence-corrected chi connectivity index (χ1v) is 8.84. The number of carbonyl (C=O) groups excluding carboxylic acids is 1. The van der Waals surface area contributed by atoms with Crippen LogP contribution in [0.25, 0.3) is 0 Å². The van der Waals surface area contributed by atoms with Crippen molar-refractivity contribution in [3.8, 4) is 0 Å². The molecule has 1 aliphatic heterocycles. The molecular formula is C13H24N2O5S. The molecule has 2 unspecified atom stereocenters. The van der Waals surface area contributed by atoms with E-state index in [9.17, 15) is 18.0 Å². The van der Waals surface area contributed by atoms with Gasteiger partial charge in [-0.15, -0.1) is 0 Å². The zero-order chi connectivity index (χ0) is 16.2. The first-order chi connectivity index (χ1) is 9.70. The summed E-state index contributed by atoms with van der Waals surface area (Å²) in [7, 11) is -3.42. The van der Waals surface area contributed by atoms with Crippen molar-refractivity contribution in [3.63, 3.8) is 0 Å². The van der Waals surface area contributed by atoms with Crippen LogP contribution in [0, 0.1) is 5.92 Å². The second-order valence-corrected chi connectivity index (χ2v) is 7.70. The Morgan fingerprint density at radius 2 is 1.95 bits per heavy atom. The summed E-state index contributed by atoms with van der Waals surface area (Å²) in [4.78, 5) is 23.5. The molecule has 0 bridgehead atoms. The van der Waals surface area contributed by atoms with E-state index in [4.69, 9.17) is 5.11 Å². The molecule has 0 aromatic heterocycles. The molecule has 1 rings (SSSR count). The first-order valence-electron chi connectivity index (χ1n) is 7.23. The van der Waals surface area contributed by atoms with Crippen LogP contribution < -0.4 is 5.32 Å². The minimum atomic E-state index is -3.42. The molecule has 2 atom stereocenters. The lowest BCUT2D eigenvalue weighted by Crippen LogP contribution is -2.54. The Bertz CT molecular complexity index is 489. The van der Waals surface area contributed by atoms with Crippen molar-refractivity contribution in [2.24, 2.45) is 5.92 Å². The maximum absolute atomic E-state index is 12.4. The minimum Gasteiger partial charge on any atom is -0.480 e. The van der Waals surface area contributed by atoms with Gasteiger partial charge in [-0.3, -0.25) is 4.79 Å². The van der Waals surface area contributed by atoms with Crippen LogP contribution in [0.2, 0.25) is 0 Å². The number of nitrogens with one attached hydrogen (secondary N) is 1. The van der Waals surface area contributed by atoms with Gasteiger partial charge in [0, 0.05) is 6.54 Å². The fourth-order valence-corrected chi connectivity index (χ4v) is 4.36. The summed E-state index contributed by atoms with van der Waals surface area (Å²) < 4.78 is 25.2. The highest BCUT2D eigenvalue weighted by Crippen LogP contribution is 2.22. The molecule has 0 aromatic carbocycles. The Kier molecular flexibility index (Phi) is 6.15. The van der Waals surface area contributed by atoms with Gasteiger partial charge in [0.1, 0.15) is 12.1 Å². The van der Waals surface area contributed by atoms with Crippen molar-refractivity contribution in [3.05, 3.63) is 0 Å². The Balaban J connectivity index is 2.91. The van der Waals surface area contributed by atoms with Crippen molar-refractivity contribution < 1.29 is 23.1 Å². The largest absolute Gasteiger partial charge is 0.480 e. The third-order valence-electron chi connectivity index (χ3n) is 3.54. The molecule has 0 spiro atoms. The highest BCUT2D eigenvalue weighted by atomic mass is 32.2. The Labute approximate surface area is 125 Å². The smallest absolute Gasteiger partial charge is 0.326 e. The van der Waals surface area contributed by atoms with Crippen LogP contribution in [-0.2, 0) is 19.6 Å². The molecule has 1 amide bonds. The van der Waals surface area contributed by atoms with Gasteiger partial charge in [0.15, 0.2) is 0 Å². The van der Waals surface area contributed by atoms with Crippen molar-refractivity contribution in [2.45, 2.75) is 52.1 Å². The van der Waals surface area contributed by atoms with E-state index in [-0.39, 0.29) is 11.7 Å². The zero-order valence-electron chi connectivity index (χ0n) is 12.7. The van der Waals surface area contributed by atoms with E-state index in [2.05, 4.69) is 5.32 Å². The molecule has 1 heterocycles. The Morgan fingerprint density at radius 1 is 1.33 bits per heavy atom. The van der Waals surface area contributed by atoms with Crippen molar-refractivity contribution in [2.75, 3.05) is 12.3 Å². The van der Waals surface area contributed by atoms with Crippen LogP contribution in [0.15, 0.2) is 0 Å². The molecule has 0 aromatic rings. The molecular weight excluding hydrogens is 296 g/mol. The second kappa shape index (κ2) is 7.22. The SMILES string of the molecule is CCCC(NC(=O)C(C(C)C)N1CCCS1(=O)=O)C(=O)O. The Hall–Kier alpha value is -1.15. The maximum Gasteiger partial charge on any atom is 0.326 e. The van der Waals surface area contributed by atoms with Gasteiger partial charge in [-0.1, -0.05) is 27.2 Å². The third-order valence-corrected chi connectivity index (χ3v) is 5.47. The fourth-order valence-electron chi connectivity index (χ4n) is 2.54. The summed E-state index contributed by atoms with van der Waals surface area (Å²) in [6, 6.07) is -1.83. The number of carboxylic acids is 1. The molecule has 1 saturated heterocycles. The van der Waals surface area contributed by atoms with Crippen LogP contribution in [0.4, 0.5) is 0 Å². The molecule has 21 heavy (non-hydrogen) atoms. The zero-order valence-corrected chi connectivity index (χ0v) is 13.5. The molecule has 2 N–H and O–H groups in total. The number of hydrogen-bond acceptors (Lipinski definition) is 4. The minimum absolute atomic E-state index is 0.0425. The van der Waals surface area contributed by atoms with Gasteiger partial charge in [-0.05, 0) is 18.8 Å². The monoisotopic (exact) mass is 320 g/mol. The number of sulfonamides is 1. The van der Waals surface area contributed by atoms with E-state index in [1.54, 1.807) is 13.8 Å². The van der Waals surface area contributed by atoms with Crippen LogP contribution >= 0.6 is 0 Å². The fraction of sp³-hybridized carbons (Fsp3) is 0.846. The molecule has 7 nitrogen and oxygen atoms in total. The van der Waals surface area contributed by atoms with Crippen molar-refractivity contribution >= 4 is 21.9 Å². The lowest BCUT2D eigenvalue weighted by molar-refractivity contribution is -0.142. The molecule has 0 aliphatic carbocycles. The number of carbonyl (C=O) groups is 2. The highest BCUT2D eigenvalue weighted by Gasteiger charge is 2.40. The average Bonchev–Trinajstić information content (AvgIpc) is 2.68. The van der Waals surface area contributed by atoms with E-state index in [1.165, 1.54) is 4.31 Å². The molecule has 122 valence electrons. The lowest BCUT2D eigenvalue weighted by Gasteiger charge is -2.29. The van der Waals surface area contributed by atoms with Gasteiger partial charge in [-0.2, -0.15) is 4.31 Å². The normalized spacial score (nSPS) is 21.1. The summed E-state index contributed by atoms with van der Waals surface area (Å²) in [5.74, 6) is -1.82. The van der Waals surface area contributed by atoms with E-state index in [0.29, 0.717) is 25.8 Å². The van der Waals surface area contributed by atoms with E-state index >= 15 is 0 Å². The highest BCUT2D eigenvalue weighted by molar-refractivity contribution is 7.89. The first kappa shape index (κ1) is 17.9. The average molecular weight is 320 g/mol. The predicted molar refractivity (Wildman–Crippen MR) is 78.2 cm³/mol. The Morgan fingerprint density at radius 3 is 2.33 bits per heavy atom. The number of amides is 1. The summed E-state index contributed by atoms with van der Waals surface area (Å²) in [5, 5.41) is 11.6. The summed E-state index contributed by atoms with van der Waals surface area (Å²) in [5.41, 5.74) is 0. The van der Waals surface area contributed by atoms with Gasteiger partial charge in [-0.25, -0.2) is 13.2 Å². The number of nitrogens with zero attached hydrogens (tertiary/aromatic N) is 1. The summed E-state index contributed by atoms with van der Waals surface area (Å²) >= 11 is 0. The number of rotatable bonds is 7. The number of carboxylic acid groups (broad SMARTS) is 1. The van der Waals surface area contributed by atoms with Gasteiger partial charge in [0.2, 0.25) is 15.9 Å². The van der Waals surface area contributed by atoms with Crippen LogP contribution in [-0.4, -0.2) is 54.1 Å². The van der Waals surface area contributed by atoms with E-state index in [0.717, 1.165) is 0 Å². The van der Waals surface area contributed by atoms with Crippen LogP contribution in [0.3, 0.4) is 0 Å². The van der Waals surface area contributed by atoms with E-state index < -0.39 is 34.0 Å². The maximum atomic E-state index is 12.4. The van der Waals surface area contributed by atoms with Crippen LogP contribution in [0.1, 0.15) is 40.0 Å². The summed E-state index contributed by atoms with van der Waals surface area (Å²) in [6.45, 7) is 5.65. The van der Waals surface area contributed by atoms with Gasteiger partial charge in [0.25, 0.3) is 0 Å². The second-order valence-electron chi connectivity index (χ2n) is 5.66. The number of aliphatic carboxylic acids is 1. The van der Waals surface area contributed by atoms with Gasteiger partial charge in [0.05, 0.1) is 5.75 Å². The molecule has 0 radical (unpaired) electrons. The quantitative estimate of drug-likeness (QED) is 0.707. The summed E-state index contributed by atoms with van der Waals surface area (Å²) in [6.07, 6.45) is 1.43. The number of hydrogen-bond donors (Lipinski definition) is 2. The van der Waals surface area contributed by atoms with E-state index in [1.807, 2.05) is 6.92 Å². The topological polar surface area (TPSA) is 104 Å². The molecule has 1 aliphatic rings. The van der Waals surface area contributed by atoms with Gasteiger partial charge >= 0.3 is 5.97 Å². The molecule has 0 saturated carbocycles. The molecule has 1 fully saturated rings. The predicted octanol–water partition coefficient (Wildman–Crippen LogP) is 0.416. The van der Waals surface area contributed by atoms with Crippen LogP contribution in [0.5, 0.6) is 0 Å². The molecule has 8 heteroatoms. The lowest BCUT2D eigenvalue weighted by atomic mass is 10.0. The van der Waals surface area contributed by atoms with Crippen molar-refractivity contribution in [1.82, 2.24) is 9.62 Å². The third kappa shape index (κ3) is 4.41.